The van der Waals surface area contributed by atoms with E-state index in [4.69, 9.17) is 0 Å². The first kappa shape index (κ1) is 11.3. The number of benzene rings is 1. The van der Waals surface area contributed by atoms with Crippen molar-refractivity contribution in [3.8, 4) is 11.4 Å². The average molecular weight is 338 g/mol. The van der Waals surface area contributed by atoms with E-state index in [-0.39, 0.29) is 0 Å². The first-order valence-corrected chi connectivity index (χ1v) is 7.21. The second-order valence-corrected chi connectivity index (χ2v) is 5.85. The molecule has 1 aliphatic rings. The van der Waals surface area contributed by atoms with Crippen LogP contribution < -0.4 is 0 Å². The van der Waals surface area contributed by atoms with Crippen LogP contribution in [0.15, 0.2) is 36.7 Å². The first-order chi connectivity index (χ1) is 8.34. The Kier molecular flexibility index (Phi) is 3.18. The number of nitrogens with zero attached hydrogens (tertiary/aromatic N) is 2. The molecule has 3 heteroatoms. The summed E-state index contributed by atoms with van der Waals surface area (Å²) >= 11 is 2.33. The molecule has 1 aromatic carbocycles. The van der Waals surface area contributed by atoms with E-state index in [1.807, 2.05) is 6.20 Å². The maximum atomic E-state index is 4.52. The van der Waals surface area contributed by atoms with Gasteiger partial charge in [0.15, 0.2) is 0 Å². The van der Waals surface area contributed by atoms with E-state index in [1.165, 1.54) is 34.8 Å². The second-order valence-electron chi connectivity index (χ2n) is 4.60. The molecule has 1 fully saturated rings. The Morgan fingerprint density at radius 2 is 1.82 bits per heavy atom. The standard InChI is InChI=1S/C14H15IN2/c15-12-7-5-11(6-8-12)14-16-9-10-17(14)13-3-1-2-4-13/h5-10,13H,1-4H2. The van der Waals surface area contributed by atoms with Crippen LogP contribution in [0.25, 0.3) is 11.4 Å². The molecule has 0 spiro atoms. The minimum Gasteiger partial charge on any atom is -0.328 e. The van der Waals surface area contributed by atoms with Crippen molar-refractivity contribution in [2.24, 2.45) is 0 Å². The Balaban J connectivity index is 1.97. The highest BCUT2D eigenvalue weighted by atomic mass is 127. The van der Waals surface area contributed by atoms with Crippen molar-refractivity contribution in [3.05, 3.63) is 40.2 Å². The summed E-state index contributed by atoms with van der Waals surface area (Å²) in [6, 6.07) is 9.27. The van der Waals surface area contributed by atoms with E-state index in [9.17, 15) is 0 Å². The highest BCUT2D eigenvalue weighted by molar-refractivity contribution is 14.1. The van der Waals surface area contributed by atoms with E-state index in [0.717, 1.165) is 5.82 Å². The fraction of sp³-hybridized carbons (Fsp3) is 0.357. The molecule has 0 aliphatic heterocycles. The molecule has 2 nitrogen and oxygen atoms in total. The van der Waals surface area contributed by atoms with Gasteiger partial charge in [0.25, 0.3) is 0 Å². The number of hydrogen-bond donors (Lipinski definition) is 0. The average Bonchev–Trinajstić information content (AvgIpc) is 3.00. The van der Waals surface area contributed by atoms with Crippen LogP contribution in [-0.2, 0) is 0 Å². The van der Waals surface area contributed by atoms with Crippen molar-refractivity contribution in [1.29, 1.82) is 0 Å². The van der Waals surface area contributed by atoms with Gasteiger partial charge in [-0.15, -0.1) is 0 Å². The van der Waals surface area contributed by atoms with E-state index in [2.05, 4.69) is 62.6 Å². The summed E-state index contributed by atoms with van der Waals surface area (Å²) < 4.78 is 3.63. The predicted molar refractivity (Wildman–Crippen MR) is 77.9 cm³/mol. The zero-order valence-electron chi connectivity index (χ0n) is 9.64. The number of imidazole rings is 1. The molecule has 0 unspecified atom stereocenters. The molecule has 0 bridgehead atoms. The zero-order valence-corrected chi connectivity index (χ0v) is 11.8. The number of aromatic nitrogens is 2. The molecule has 0 radical (unpaired) electrons. The Morgan fingerprint density at radius 1 is 1.12 bits per heavy atom. The predicted octanol–water partition coefficient (Wildman–Crippen LogP) is 4.27. The lowest BCUT2D eigenvalue weighted by molar-refractivity contribution is 0.523. The Hall–Kier alpha value is -0.840. The molecule has 0 N–H and O–H groups in total. The molecule has 2 aromatic rings. The lowest BCUT2D eigenvalue weighted by atomic mass is 10.2. The van der Waals surface area contributed by atoms with Gasteiger partial charge in [-0.3, -0.25) is 0 Å². The minimum absolute atomic E-state index is 0.659. The Morgan fingerprint density at radius 3 is 2.53 bits per heavy atom. The third kappa shape index (κ3) is 2.25. The quantitative estimate of drug-likeness (QED) is 0.748. The van der Waals surface area contributed by atoms with E-state index < -0.39 is 0 Å². The van der Waals surface area contributed by atoms with Crippen molar-refractivity contribution in [3.63, 3.8) is 0 Å². The van der Waals surface area contributed by atoms with Gasteiger partial charge in [-0.2, -0.15) is 0 Å². The lowest BCUT2D eigenvalue weighted by Crippen LogP contribution is -2.05. The molecule has 0 saturated heterocycles. The highest BCUT2D eigenvalue weighted by Crippen LogP contribution is 2.32. The van der Waals surface area contributed by atoms with Gasteiger partial charge >= 0.3 is 0 Å². The summed E-state index contributed by atoms with van der Waals surface area (Å²) in [5.74, 6) is 1.12. The van der Waals surface area contributed by atoms with Crippen LogP contribution >= 0.6 is 22.6 Å². The summed E-state index contributed by atoms with van der Waals surface area (Å²) in [6.45, 7) is 0. The molecular formula is C14H15IN2. The molecule has 3 rings (SSSR count). The van der Waals surface area contributed by atoms with Crippen LogP contribution in [0.1, 0.15) is 31.7 Å². The maximum Gasteiger partial charge on any atom is 0.140 e. The Bertz CT molecular complexity index is 495. The largest absolute Gasteiger partial charge is 0.328 e. The third-order valence-electron chi connectivity index (χ3n) is 3.49. The van der Waals surface area contributed by atoms with Crippen LogP contribution in [0.5, 0.6) is 0 Å². The van der Waals surface area contributed by atoms with E-state index in [1.54, 1.807) is 0 Å². The summed E-state index contributed by atoms with van der Waals surface area (Å²) in [4.78, 5) is 4.52. The maximum absolute atomic E-state index is 4.52. The second kappa shape index (κ2) is 4.80. The van der Waals surface area contributed by atoms with Crippen molar-refractivity contribution in [2.75, 3.05) is 0 Å². The molecule has 0 atom stereocenters. The molecular weight excluding hydrogens is 323 g/mol. The zero-order chi connectivity index (χ0) is 11.7. The van der Waals surface area contributed by atoms with Crippen LogP contribution in [0.4, 0.5) is 0 Å². The van der Waals surface area contributed by atoms with Gasteiger partial charge in [-0.1, -0.05) is 25.0 Å². The number of rotatable bonds is 2. The molecule has 1 saturated carbocycles. The normalized spacial score (nSPS) is 16.5. The van der Waals surface area contributed by atoms with Crippen LogP contribution in [0.2, 0.25) is 0 Å². The topological polar surface area (TPSA) is 17.8 Å². The van der Waals surface area contributed by atoms with Crippen molar-refractivity contribution in [2.45, 2.75) is 31.7 Å². The van der Waals surface area contributed by atoms with Gasteiger partial charge in [0, 0.05) is 27.6 Å². The van der Waals surface area contributed by atoms with Gasteiger partial charge in [0.1, 0.15) is 5.82 Å². The van der Waals surface area contributed by atoms with Gasteiger partial charge in [-0.25, -0.2) is 4.98 Å². The molecule has 0 amide bonds. The summed E-state index contributed by atoms with van der Waals surface area (Å²) in [5, 5.41) is 0. The molecule has 1 heterocycles. The third-order valence-corrected chi connectivity index (χ3v) is 4.21. The van der Waals surface area contributed by atoms with Crippen molar-refractivity contribution in [1.82, 2.24) is 9.55 Å². The summed E-state index contributed by atoms with van der Waals surface area (Å²) in [7, 11) is 0. The summed E-state index contributed by atoms with van der Waals surface area (Å²) in [5.41, 5.74) is 1.22. The fourth-order valence-electron chi connectivity index (χ4n) is 2.61. The minimum atomic E-state index is 0.659. The van der Waals surface area contributed by atoms with Gasteiger partial charge in [0.05, 0.1) is 0 Å². The molecule has 1 aliphatic carbocycles. The first-order valence-electron chi connectivity index (χ1n) is 6.13. The molecule has 88 valence electrons. The Labute approximate surface area is 115 Å². The number of halogens is 1. The molecule has 17 heavy (non-hydrogen) atoms. The van der Waals surface area contributed by atoms with Crippen molar-refractivity contribution >= 4 is 22.6 Å². The van der Waals surface area contributed by atoms with Crippen LogP contribution in [0.3, 0.4) is 0 Å². The number of hydrogen-bond acceptors (Lipinski definition) is 1. The van der Waals surface area contributed by atoms with Gasteiger partial charge in [0.2, 0.25) is 0 Å². The van der Waals surface area contributed by atoms with Crippen LogP contribution in [-0.4, -0.2) is 9.55 Å². The van der Waals surface area contributed by atoms with Crippen LogP contribution in [0, 0.1) is 3.57 Å². The van der Waals surface area contributed by atoms with Crippen molar-refractivity contribution < 1.29 is 0 Å². The highest BCUT2D eigenvalue weighted by Gasteiger charge is 2.19. The molecule has 1 aromatic heterocycles. The summed E-state index contributed by atoms with van der Waals surface area (Å²) in [6.07, 6.45) is 9.36. The lowest BCUT2D eigenvalue weighted by Gasteiger charge is -2.14. The fourth-order valence-corrected chi connectivity index (χ4v) is 2.97. The SMILES string of the molecule is Ic1ccc(-c2nccn2C2CCCC2)cc1. The smallest absolute Gasteiger partial charge is 0.140 e. The van der Waals surface area contributed by atoms with E-state index >= 15 is 0 Å². The van der Waals surface area contributed by atoms with Gasteiger partial charge < -0.3 is 4.57 Å². The van der Waals surface area contributed by atoms with E-state index in [0.29, 0.717) is 6.04 Å². The monoisotopic (exact) mass is 338 g/mol. The van der Waals surface area contributed by atoms with Gasteiger partial charge in [-0.05, 0) is 47.6 Å².